The first kappa shape index (κ1) is 12.3. The van der Waals surface area contributed by atoms with Gasteiger partial charge in [0.1, 0.15) is 0 Å². The van der Waals surface area contributed by atoms with E-state index in [1.54, 1.807) is 0 Å². The predicted molar refractivity (Wildman–Crippen MR) is 58.4 cm³/mol. The van der Waals surface area contributed by atoms with Gasteiger partial charge < -0.3 is 4.74 Å². The lowest BCUT2D eigenvalue weighted by molar-refractivity contribution is 0.280. The zero-order valence-electron chi connectivity index (χ0n) is 9.39. The van der Waals surface area contributed by atoms with Gasteiger partial charge in [0, 0.05) is 12.8 Å². The average molecular weight is 182 g/mol. The molecule has 0 aliphatic heterocycles. The number of allylic oxidation sites excluding steroid dienone is 4. The second-order valence-corrected chi connectivity index (χ2v) is 2.97. The smallest absolute Gasteiger partial charge is 0.0993 e. The third-order valence-corrected chi connectivity index (χ3v) is 1.82. The molecule has 0 aromatic carbocycles. The SMILES string of the molecule is CC/C=C(\CC)O/C(=C/CC)CC. The fourth-order valence-corrected chi connectivity index (χ4v) is 1.14. The topological polar surface area (TPSA) is 9.23 Å². The van der Waals surface area contributed by atoms with Crippen LogP contribution in [0.15, 0.2) is 23.7 Å². The maximum atomic E-state index is 5.75. The summed E-state index contributed by atoms with van der Waals surface area (Å²) in [6.45, 7) is 8.52. The van der Waals surface area contributed by atoms with Crippen molar-refractivity contribution in [2.24, 2.45) is 0 Å². The Morgan fingerprint density at radius 1 is 0.846 bits per heavy atom. The van der Waals surface area contributed by atoms with Gasteiger partial charge in [-0.15, -0.1) is 0 Å². The van der Waals surface area contributed by atoms with Gasteiger partial charge >= 0.3 is 0 Å². The Balaban J connectivity index is 4.19. The van der Waals surface area contributed by atoms with Crippen molar-refractivity contribution < 1.29 is 4.74 Å². The van der Waals surface area contributed by atoms with Gasteiger partial charge in [-0.1, -0.05) is 27.7 Å². The molecular weight excluding hydrogens is 160 g/mol. The molecule has 0 aromatic rings. The van der Waals surface area contributed by atoms with E-state index in [1.165, 1.54) is 0 Å². The van der Waals surface area contributed by atoms with Crippen molar-refractivity contribution >= 4 is 0 Å². The molecule has 1 nitrogen and oxygen atoms in total. The standard InChI is InChI=1S/C12H22O/c1-5-9-11(7-3)13-12(8-4)10-6-2/h9-10H,5-8H2,1-4H3/b11-9+,12-10+. The summed E-state index contributed by atoms with van der Waals surface area (Å²) in [5, 5.41) is 0. The predicted octanol–water partition coefficient (Wildman–Crippen LogP) is 4.41. The lowest BCUT2D eigenvalue weighted by atomic mass is 10.3. The van der Waals surface area contributed by atoms with Crippen molar-refractivity contribution in [3.8, 4) is 0 Å². The first-order valence-corrected chi connectivity index (χ1v) is 5.34. The molecule has 0 atom stereocenters. The fraction of sp³-hybridized carbons (Fsp3) is 0.667. The van der Waals surface area contributed by atoms with Crippen molar-refractivity contribution in [1.82, 2.24) is 0 Å². The molecule has 0 saturated carbocycles. The van der Waals surface area contributed by atoms with Crippen molar-refractivity contribution in [3.05, 3.63) is 23.7 Å². The zero-order valence-corrected chi connectivity index (χ0v) is 9.39. The molecule has 0 saturated heterocycles. The van der Waals surface area contributed by atoms with E-state index in [0.29, 0.717) is 0 Å². The molecule has 1 heteroatoms. The van der Waals surface area contributed by atoms with Crippen LogP contribution >= 0.6 is 0 Å². The Bertz CT molecular complexity index is 158. The zero-order chi connectivity index (χ0) is 10.1. The molecule has 0 spiro atoms. The highest BCUT2D eigenvalue weighted by molar-refractivity contribution is 5.00. The van der Waals surface area contributed by atoms with Crippen molar-refractivity contribution in [1.29, 1.82) is 0 Å². The van der Waals surface area contributed by atoms with Gasteiger partial charge in [-0.05, 0) is 25.0 Å². The minimum absolute atomic E-state index is 0.981. The van der Waals surface area contributed by atoms with Gasteiger partial charge in [-0.25, -0.2) is 0 Å². The van der Waals surface area contributed by atoms with E-state index in [1.807, 2.05) is 0 Å². The average Bonchev–Trinajstić information content (AvgIpc) is 2.16. The number of ether oxygens (including phenoxy) is 1. The second kappa shape index (κ2) is 7.90. The van der Waals surface area contributed by atoms with E-state index in [2.05, 4.69) is 39.8 Å². The van der Waals surface area contributed by atoms with E-state index in [4.69, 9.17) is 4.74 Å². The number of hydrogen-bond donors (Lipinski definition) is 0. The molecule has 0 heterocycles. The van der Waals surface area contributed by atoms with Crippen LogP contribution in [0.1, 0.15) is 53.4 Å². The molecule has 0 bridgehead atoms. The van der Waals surface area contributed by atoms with Gasteiger partial charge in [0.2, 0.25) is 0 Å². The second-order valence-electron chi connectivity index (χ2n) is 2.97. The summed E-state index contributed by atoms with van der Waals surface area (Å²) in [5.74, 6) is 2.20. The molecule has 0 aliphatic rings. The maximum absolute atomic E-state index is 5.75. The first-order valence-electron chi connectivity index (χ1n) is 5.34. The van der Waals surface area contributed by atoms with E-state index in [0.717, 1.165) is 37.2 Å². The van der Waals surface area contributed by atoms with Crippen LogP contribution in [0.2, 0.25) is 0 Å². The normalized spacial score (nSPS) is 13.2. The van der Waals surface area contributed by atoms with Crippen molar-refractivity contribution in [2.45, 2.75) is 53.4 Å². The summed E-state index contributed by atoms with van der Waals surface area (Å²) in [6, 6.07) is 0. The highest BCUT2D eigenvalue weighted by atomic mass is 16.5. The minimum atomic E-state index is 0.981. The summed E-state index contributed by atoms with van der Waals surface area (Å²) in [4.78, 5) is 0. The first-order chi connectivity index (χ1) is 6.28. The van der Waals surface area contributed by atoms with Gasteiger partial charge in [-0.2, -0.15) is 0 Å². The van der Waals surface area contributed by atoms with E-state index in [9.17, 15) is 0 Å². The third-order valence-electron chi connectivity index (χ3n) is 1.82. The molecule has 0 aromatic heterocycles. The van der Waals surface area contributed by atoms with Crippen LogP contribution in [-0.4, -0.2) is 0 Å². The third kappa shape index (κ3) is 5.51. The molecule has 0 amide bonds. The Kier molecular flexibility index (Phi) is 7.47. The van der Waals surface area contributed by atoms with Gasteiger partial charge in [0.25, 0.3) is 0 Å². The lowest BCUT2D eigenvalue weighted by Crippen LogP contribution is -1.91. The molecule has 0 unspecified atom stereocenters. The van der Waals surface area contributed by atoms with Crippen molar-refractivity contribution in [3.63, 3.8) is 0 Å². The van der Waals surface area contributed by atoms with Crippen molar-refractivity contribution in [2.75, 3.05) is 0 Å². The van der Waals surface area contributed by atoms with Crippen LogP contribution in [0.3, 0.4) is 0 Å². The van der Waals surface area contributed by atoms with Crippen LogP contribution in [0.4, 0.5) is 0 Å². The molecule has 76 valence electrons. The summed E-state index contributed by atoms with van der Waals surface area (Å²) < 4.78 is 5.75. The minimum Gasteiger partial charge on any atom is -0.467 e. The van der Waals surface area contributed by atoms with Gasteiger partial charge in [0.15, 0.2) is 0 Å². The Morgan fingerprint density at radius 2 is 1.23 bits per heavy atom. The van der Waals surface area contributed by atoms with Crippen LogP contribution < -0.4 is 0 Å². The molecule has 13 heavy (non-hydrogen) atoms. The van der Waals surface area contributed by atoms with Gasteiger partial charge in [-0.3, -0.25) is 0 Å². The molecule has 0 fully saturated rings. The quantitative estimate of drug-likeness (QED) is 0.553. The van der Waals surface area contributed by atoms with Gasteiger partial charge in [0.05, 0.1) is 11.5 Å². The molecule has 0 aliphatic carbocycles. The Hall–Kier alpha value is -0.720. The Labute approximate surface area is 82.5 Å². The molecule has 0 N–H and O–H groups in total. The summed E-state index contributed by atoms with van der Waals surface area (Å²) >= 11 is 0. The highest BCUT2D eigenvalue weighted by Gasteiger charge is 1.98. The summed E-state index contributed by atoms with van der Waals surface area (Å²) in [7, 11) is 0. The van der Waals surface area contributed by atoms with Crippen LogP contribution in [-0.2, 0) is 4.74 Å². The number of rotatable bonds is 6. The van der Waals surface area contributed by atoms with E-state index in [-0.39, 0.29) is 0 Å². The monoisotopic (exact) mass is 182 g/mol. The van der Waals surface area contributed by atoms with E-state index < -0.39 is 0 Å². The molecule has 0 radical (unpaired) electrons. The maximum Gasteiger partial charge on any atom is 0.0993 e. The summed E-state index contributed by atoms with van der Waals surface area (Å²) in [5.41, 5.74) is 0. The molecular formula is C12H22O. The fourth-order valence-electron chi connectivity index (χ4n) is 1.14. The van der Waals surface area contributed by atoms with Crippen LogP contribution in [0.25, 0.3) is 0 Å². The highest BCUT2D eigenvalue weighted by Crippen LogP contribution is 2.13. The van der Waals surface area contributed by atoms with Crippen LogP contribution in [0, 0.1) is 0 Å². The largest absolute Gasteiger partial charge is 0.467 e. The van der Waals surface area contributed by atoms with E-state index >= 15 is 0 Å². The Morgan fingerprint density at radius 3 is 1.46 bits per heavy atom. The number of hydrogen-bond acceptors (Lipinski definition) is 1. The summed E-state index contributed by atoms with van der Waals surface area (Å²) in [6.07, 6.45) is 8.36. The molecule has 0 rings (SSSR count). The lowest BCUT2D eigenvalue weighted by Gasteiger charge is -2.10. The van der Waals surface area contributed by atoms with Crippen LogP contribution in [0.5, 0.6) is 0 Å².